The molecule has 0 aliphatic rings. The Morgan fingerprint density at radius 3 is 2.40 bits per heavy atom. The number of aromatic carboxylic acids is 1. The number of aromatic nitrogens is 2. The third kappa shape index (κ3) is 4.35. The van der Waals surface area contributed by atoms with Crippen LogP contribution in [-0.2, 0) is 15.6 Å². The Labute approximate surface area is 161 Å². The van der Waals surface area contributed by atoms with Gasteiger partial charge in [-0.15, -0.1) is 0 Å². The predicted octanol–water partition coefficient (Wildman–Crippen LogP) is 0.747. The van der Waals surface area contributed by atoms with E-state index in [2.05, 4.69) is 14.7 Å². The number of benzene rings is 1. The maximum absolute atomic E-state index is 12.0. The first kappa shape index (κ1) is 17.8. The van der Waals surface area contributed by atoms with Gasteiger partial charge in [-0.3, -0.25) is 0 Å². The number of hydrogen-bond acceptors (Lipinski definition) is 6. The van der Waals surface area contributed by atoms with Gasteiger partial charge in [-0.2, -0.15) is 4.98 Å². The molecule has 0 spiro atoms. The molecule has 0 aliphatic carbocycles. The molecule has 0 unspecified atom stereocenters. The van der Waals surface area contributed by atoms with Crippen molar-refractivity contribution in [2.24, 2.45) is 0 Å². The zero-order valence-electron chi connectivity index (χ0n) is 9.28. The standard InChI is InChI=1S/C10H7ClN2O5S.K.H/c11-6-1-3-7(4-2-6)19(16,17)5-8-12-9(10(14)15)18-13-8;;/h1-4H,5H2,(H,14,15);;. The summed E-state index contributed by atoms with van der Waals surface area (Å²) in [7, 11) is -3.68. The fraction of sp³-hybridized carbons (Fsp3) is 0.100. The van der Waals surface area contributed by atoms with E-state index in [0.717, 1.165) is 0 Å². The molecule has 1 N–H and O–H groups in total. The predicted molar refractivity (Wildman–Crippen MR) is 70.7 cm³/mol. The maximum atomic E-state index is 12.0. The van der Waals surface area contributed by atoms with Crippen molar-refractivity contribution in [2.45, 2.75) is 10.6 Å². The van der Waals surface area contributed by atoms with E-state index < -0.39 is 27.5 Å². The van der Waals surface area contributed by atoms with Crippen molar-refractivity contribution in [3.05, 3.63) is 41.0 Å². The first-order valence-corrected chi connectivity index (χ1v) is 6.96. The number of rotatable bonds is 4. The fourth-order valence-corrected chi connectivity index (χ4v) is 2.60. The molecule has 1 heterocycles. The second-order valence-electron chi connectivity index (χ2n) is 3.53. The van der Waals surface area contributed by atoms with Gasteiger partial charge in [0.25, 0.3) is 0 Å². The fourth-order valence-electron chi connectivity index (χ4n) is 1.29. The zero-order valence-corrected chi connectivity index (χ0v) is 10.8. The molecule has 2 rings (SSSR count). The number of carbonyl (C=O) groups is 1. The number of carboxylic acid groups (broad SMARTS) is 1. The van der Waals surface area contributed by atoms with Crippen LogP contribution in [0.4, 0.5) is 0 Å². The summed E-state index contributed by atoms with van der Waals surface area (Å²) in [5, 5.41) is 12.3. The van der Waals surface area contributed by atoms with E-state index in [1.54, 1.807) is 0 Å². The van der Waals surface area contributed by atoms with Crippen molar-refractivity contribution < 1.29 is 22.8 Å². The molecule has 20 heavy (non-hydrogen) atoms. The number of carboxylic acids is 1. The van der Waals surface area contributed by atoms with Crippen molar-refractivity contribution in [3.63, 3.8) is 0 Å². The minimum absolute atomic E-state index is 0. The zero-order chi connectivity index (χ0) is 14.0. The second-order valence-corrected chi connectivity index (χ2v) is 5.96. The van der Waals surface area contributed by atoms with Crippen LogP contribution < -0.4 is 0 Å². The topological polar surface area (TPSA) is 110 Å². The number of halogens is 1. The van der Waals surface area contributed by atoms with Gasteiger partial charge in [-0.25, -0.2) is 13.2 Å². The monoisotopic (exact) mass is 342 g/mol. The molecule has 0 radical (unpaired) electrons. The molecule has 102 valence electrons. The number of sulfone groups is 1. The van der Waals surface area contributed by atoms with Crippen molar-refractivity contribution >= 4 is 78.8 Å². The van der Waals surface area contributed by atoms with Crippen LogP contribution in [0.2, 0.25) is 5.02 Å². The molecule has 2 aromatic rings. The van der Waals surface area contributed by atoms with E-state index in [9.17, 15) is 13.2 Å². The Morgan fingerprint density at radius 1 is 1.30 bits per heavy atom. The summed E-state index contributed by atoms with van der Waals surface area (Å²) in [6, 6.07) is 5.56. The third-order valence-electron chi connectivity index (χ3n) is 2.14. The summed E-state index contributed by atoms with van der Waals surface area (Å²) in [6.45, 7) is 0. The molecular formula is C10H8ClKN2O5S. The summed E-state index contributed by atoms with van der Waals surface area (Å²) >= 11 is 5.66. The molecule has 0 atom stereocenters. The molecule has 0 amide bonds. The van der Waals surface area contributed by atoms with Crippen LogP contribution in [0.5, 0.6) is 0 Å². The van der Waals surface area contributed by atoms with E-state index in [4.69, 9.17) is 16.7 Å². The first-order chi connectivity index (χ1) is 8.88. The average Bonchev–Trinajstić information content (AvgIpc) is 2.77. The van der Waals surface area contributed by atoms with Crippen LogP contribution in [0.25, 0.3) is 0 Å². The molecule has 7 nitrogen and oxygen atoms in total. The van der Waals surface area contributed by atoms with Gasteiger partial charge in [0.05, 0.1) is 4.90 Å². The van der Waals surface area contributed by atoms with Crippen LogP contribution in [0.15, 0.2) is 33.7 Å². The molecule has 0 saturated carbocycles. The normalized spacial score (nSPS) is 10.8. The third-order valence-corrected chi connectivity index (χ3v) is 4.02. The number of hydrogen-bond donors (Lipinski definition) is 1. The molecule has 10 heteroatoms. The van der Waals surface area contributed by atoms with E-state index >= 15 is 0 Å². The second kappa shape index (κ2) is 7.12. The van der Waals surface area contributed by atoms with Gasteiger partial charge in [-0.1, -0.05) is 16.8 Å². The average molecular weight is 343 g/mol. The van der Waals surface area contributed by atoms with Crippen LogP contribution in [-0.4, -0.2) is 81.0 Å². The van der Waals surface area contributed by atoms with Crippen LogP contribution in [0, 0.1) is 0 Å². The molecule has 0 bridgehead atoms. The van der Waals surface area contributed by atoms with Crippen molar-refractivity contribution in [3.8, 4) is 0 Å². The van der Waals surface area contributed by atoms with Gasteiger partial charge in [0.15, 0.2) is 15.7 Å². The van der Waals surface area contributed by atoms with Gasteiger partial charge >= 0.3 is 63.2 Å². The molecule has 1 aromatic carbocycles. The van der Waals surface area contributed by atoms with Crippen molar-refractivity contribution in [1.29, 1.82) is 0 Å². The van der Waals surface area contributed by atoms with Crippen molar-refractivity contribution in [1.82, 2.24) is 10.1 Å². The molecule has 0 saturated heterocycles. The van der Waals surface area contributed by atoms with Crippen molar-refractivity contribution in [2.75, 3.05) is 0 Å². The van der Waals surface area contributed by atoms with E-state index in [0.29, 0.717) is 5.02 Å². The van der Waals surface area contributed by atoms with Gasteiger partial charge in [0.1, 0.15) is 5.75 Å². The van der Waals surface area contributed by atoms with E-state index in [1.165, 1.54) is 24.3 Å². The summed E-state index contributed by atoms with van der Waals surface area (Å²) in [5.41, 5.74) is 0. The molecule has 0 aliphatic heterocycles. The Balaban J connectivity index is 0.00000200. The summed E-state index contributed by atoms with van der Waals surface area (Å²) in [4.78, 5) is 14.0. The molecule has 0 fully saturated rings. The molecule has 1 aromatic heterocycles. The summed E-state index contributed by atoms with van der Waals surface area (Å²) in [6.07, 6.45) is 0. The SMILES string of the molecule is O=C(O)c1nc(CS(=O)(=O)c2ccc(Cl)cc2)no1.[KH]. The number of nitrogens with zero attached hydrogens (tertiary/aromatic N) is 2. The van der Waals surface area contributed by atoms with E-state index in [1.807, 2.05) is 0 Å². The molecular weight excluding hydrogens is 335 g/mol. The van der Waals surface area contributed by atoms with Crippen LogP contribution >= 0.6 is 11.6 Å². The van der Waals surface area contributed by atoms with Gasteiger partial charge < -0.3 is 9.63 Å². The van der Waals surface area contributed by atoms with Gasteiger partial charge in [0.2, 0.25) is 0 Å². The first-order valence-electron chi connectivity index (χ1n) is 4.93. The Bertz CT molecular complexity index is 714. The van der Waals surface area contributed by atoms with Crippen LogP contribution in [0.1, 0.15) is 16.5 Å². The Morgan fingerprint density at radius 2 is 1.90 bits per heavy atom. The quantitative estimate of drug-likeness (QED) is 0.816. The van der Waals surface area contributed by atoms with E-state index in [-0.39, 0.29) is 62.1 Å². The summed E-state index contributed by atoms with van der Waals surface area (Å²) < 4.78 is 28.3. The Kier molecular flexibility index (Phi) is 6.32. The van der Waals surface area contributed by atoms with Gasteiger partial charge in [-0.05, 0) is 24.3 Å². The Hall–Kier alpha value is -0.294. The minimum atomic E-state index is -3.68. The summed E-state index contributed by atoms with van der Waals surface area (Å²) in [5.74, 6) is -2.83. The van der Waals surface area contributed by atoms with Crippen LogP contribution in [0.3, 0.4) is 0 Å². The van der Waals surface area contributed by atoms with Gasteiger partial charge in [0, 0.05) is 5.02 Å².